The summed E-state index contributed by atoms with van der Waals surface area (Å²) < 4.78 is 57.3. The lowest BCUT2D eigenvalue weighted by Crippen LogP contribution is -2.58. The van der Waals surface area contributed by atoms with Crippen LogP contribution in [0, 0.1) is 0 Å². The molecule has 2 aromatic carbocycles. The minimum atomic E-state index is -3.96. The molecule has 0 bridgehead atoms. The summed E-state index contributed by atoms with van der Waals surface area (Å²) in [6.45, 7) is -1.62. The van der Waals surface area contributed by atoms with Crippen LogP contribution in [0.3, 0.4) is 0 Å². The van der Waals surface area contributed by atoms with Gasteiger partial charge in [-0.25, -0.2) is 22.0 Å². The number of rotatable bonds is 5. The van der Waals surface area contributed by atoms with Crippen LogP contribution in [0.15, 0.2) is 53.4 Å². The van der Waals surface area contributed by atoms with Gasteiger partial charge in [0.25, 0.3) is 5.92 Å². The largest absolute Gasteiger partial charge is 0.484 e. The summed E-state index contributed by atoms with van der Waals surface area (Å²) in [5, 5.41) is 9.10. The Morgan fingerprint density at radius 3 is 2.47 bits per heavy atom. The van der Waals surface area contributed by atoms with Crippen molar-refractivity contribution in [3.63, 3.8) is 0 Å². The van der Waals surface area contributed by atoms with Crippen LogP contribution in [0.1, 0.15) is 5.56 Å². The number of ether oxygens (including phenoxy) is 1. The molecule has 1 unspecified atom stereocenters. The second-order valence-corrected chi connectivity index (χ2v) is 9.50. The maximum absolute atomic E-state index is 13.0. The van der Waals surface area contributed by atoms with E-state index in [0.29, 0.717) is 22.8 Å². The average Bonchev–Trinajstić information content (AvgIpc) is 3.08. The first-order chi connectivity index (χ1) is 14.0. The zero-order valence-electron chi connectivity index (χ0n) is 15.4. The number of carboxylic acids is 1. The predicted octanol–water partition coefficient (Wildman–Crippen LogP) is 3.59. The van der Waals surface area contributed by atoms with Gasteiger partial charge in [0.05, 0.1) is 23.0 Å². The highest BCUT2D eigenvalue weighted by Crippen LogP contribution is 2.40. The molecule has 0 aliphatic carbocycles. The number of alkyl halides is 2. The zero-order chi connectivity index (χ0) is 21.7. The fraction of sp³-hybridized carbons (Fsp3) is 0.250. The quantitative estimate of drug-likeness (QED) is 0.696. The predicted molar refractivity (Wildman–Crippen MR) is 105 cm³/mol. The molecule has 10 heteroatoms. The summed E-state index contributed by atoms with van der Waals surface area (Å²) in [7, 11) is -3.96. The van der Waals surface area contributed by atoms with Gasteiger partial charge in [0.2, 0.25) is 10.0 Å². The molecule has 1 saturated heterocycles. The van der Waals surface area contributed by atoms with Crippen LogP contribution >= 0.6 is 11.6 Å². The fourth-order valence-electron chi connectivity index (χ4n) is 3.42. The zero-order valence-corrected chi connectivity index (χ0v) is 17.0. The van der Waals surface area contributed by atoms with Crippen LogP contribution in [0.25, 0.3) is 11.1 Å². The topological polar surface area (TPSA) is 83.9 Å². The fourth-order valence-corrected chi connectivity index (χ4v) is 5.19. The lowest BCUT2D eigenvalue weighted by molar-refractivity contribution is -0.131. The number of aliphatic carboxylic acids is 1. The number of nitrogens with zero attached hydrogens (tertiary/aromatic N) is 1. The van der Waals surface area contributed by atoms with Crippen LogP contribution in [-0.4, -0.2) is 48.9 Å². The van der Waals surface area contributed by atoms with Crippen molar-refractivity contribution in [1.29, 1.82) is 0 Å². The van der Waals surface area contributed by atoms with Crippen molar-refractivity contribution in [1.82, 2.24) is 4.31 Å². The van der Waals surface area contributed by atoms with Gasteiger partial charge in [-0.2, -0.15) is 4.31 Å². The van der Waals surface area contributed by atoms with Gasteiger partial charge in [-0.15, -0.1) is 0 Å². The Hall–Kier alpha value is -2.49. The minimum absolute atomic E-state index is 0.0591. The van der Waals surface area contributed by atoms with Gasteiger partial charge in [-0.05, 0) is 41.5 Å². The molecule has 2 aromatic rings. The van der Waals surface area contributed by atoms with Gasteiger partial charge in [-0.3, -0.25) is 0 Å². The molecule has 2 aliphatic rings. The van der Waals surface area contributed by atoms with Gasteiger partial charge in [-0.1, -0.05) is 23.7 Å². The Kier molecular flexibility index (Phi) is 5.08. The van der Waals surface area contributed by atoms with Crippen molar-refractivity contribution in [3.05, 3.63) is 59.1 Å². The summed E-state index contributed by atoms with van der Waals surface area (Å²) in [5.41, 5.74) is 2.22. The van der Waals surface area contributed by atoms with E-state index >= 15 is 0 Å². The SMILES string of the molecule is O=C(O)/C=C/C1Cc2cc(-c3ccc(S(=O)(=O)N4CC(F)(F)C4)cc3)cc(Cl)c2O1. The molecule has 2 aliphatic heterocycles. The molecule has 30 heavy (non-hydrogen) atoms. The molecule has 0 spiro atoms. The first-order valence-electron chi connectivity index (χ1n) is 8.94. The highest BCUT2D eigenvalue weighted by atomic mass is 35.5. The number of carbonyl (C=O) groups is 1. The minimum Gasteiger partial charge on any atom is -0.484 e. The van der Waals surface area contributed by atoms with Crippen LogP contribution < -0.4 is 4.74 Å². The van der Waals surface area contributed by atoms with E-state index in [9.17, 15) is 22.0 Å². The van der Waals surface area contributed by atoms with Gasteiger partial charge >= 0.3 is 5.97 Å². The second-order valence-electron chi connectivity index (χ2n) is 7.16. The van der Waals surface area contributed by atoms with Crippen LogP contribution in [0.2, 0.25) is 5.02 Å². The van der Waals surface area contributed by atoms with E-state index in [-0.39, 0.29) is 4.90 Å². The highest BCUT2D eigenvalue weighted by Gasteiger charge is 2.49. The third kappa shape index (κ3) is 3.92. The molecular weight excluding hydrogens is 440 g/mol. The van der Waals surface area contributed by atoms with Crippen molar-refractivity contribution >= 4 is 27.6 Å². The molecule has 158 valence electrons. The van der Waals surface area contributed by atoms with Crippen molar-refractivity contribution in [2.24, 2.45) is 0 Å². The summed E-state index contributed by atoms with van der Waals surface area (Å²) in [4.78, 5) is 10.6. The molecule has 0 saturated carbocycles. The van der Waals surface area contributed by atoms with E-state index in [2.05, 4.69) is 0 Å². The van der Waals surface area contributed by atoms with Gasteiger partial charge in [0, 0.05) is 18.1 Å². The van der Waals surface area contributed by atoms with E-state index in [4.69, 9.17) is 21.4 Å². The molecule has 0 radical (unpaired) electrons. The normalized spacial score (nSPS) is 20.6. The monoisotopic (exact) mass is 455 g/mol. The summed E-state index contributed by atoms with van der Waals surface area (Å²) >= 11 is 6.31. The third-order valence-electron chi connectivity index (χ3n) is 4.91. The molecule has 4 rings (SSSR count). The van der Waals surface area contributed by atoms with Crippen molar-refractivity contribution in [3.8, 4) is 16.9 Å². The number of fused-ring (bicyclic) bond motifs is 1. The molecule has 6 nitrogen and oxygen atoms in total. The molecule has 1 atom stereocenters. The summed E-state index contributed by atoms with van der Waals surface area (Å²) in [6.07, 6.45) is 2.46. The second kappa shape index (κ2) is 7.33. The summed E-state index contributed by atoms with van der Waals surface area (Å²) in [5.74, 6) is -3.56. The Balaban J connectivity index is 1.56. The molecular formula is C20H16ClF2NO5S. The van der Waals surface area contributed by atoms with Crippen LogP contribution in [0.5, 0.6) is 5.75 Å². The lowest BCUT2D eigenvalue weighted by atomic mass is 10.0. The van der Waals surface area contributed by atoms with E-state index in [1.807, 2.05) is 6.07 Å². The van der Waals surface area contributed by atoms with E-state index in [0.717, 1.165) is 21.5 Å². The maximum atomic E-state index is 13.0. The van der Waals surface area contributed by atoms with Gasteiger partial charge in [0.15, 0.2) is 0 Å². The molecule has 1 fully saturated rings. The number of carboxylic acid groups (broad SMARTS) is 1. The maximum Gasteiger partial charge on any atom is 0.328 e. The Morgan fingerprint density at radius 2 is 1.87 bits per heavy atom. The molecule has 0 amide bonds. The lowest BCUT2D eigenvalue weighted by Gasteiger charge is -2.37. The Morgan fingerprint density at radius 1 is 1.20 bits per heavy atom. The number of halogens is 3. The Labute approximate surface area is 176 Å². The van der Waals surface area contributed by atoms with Crippen molar-refractivity contribution in [2.75, 3.05) is 13.1 Å². The number of benzene rings is 2. The first kappa shape index (κ1) is 20.8. The van der Waals surface area contributed by atoms with Crippen LogP contribution in [0.4, 0.5) is 8.78 Å². The number of hydrogen-bond acceptors (Lipinski definition) is 4. The standard InChI is InChI=1S/C20H16ClF2NO5S/c21-17-9-13(7-14-8-15(29-19(14)17)3-6-18(25)26)12-1-4-16(5-2-12)30(27,28)24-10-20(22,23)11-24/h1-7,9,15H,8,10-11H2,(H,25,26)/b6-3+. The Bertz CT molecular complexity index is 1140. The van der Waals surface area contributed by atoms with Gasteiger partial charge in [0.1, 0.15) is 11.9 Å². The van der Waals surface area contributed by atoms with Crippen LogP contribution in [-0.2, 0) is 21.2 Å². The third-order valence-corrected chi connectivity index (χ3v) is 6.99. The van der Waals surface area contributed by atoms with Crippen molar-refractivity contribution in [2.45, 2.75) is 23.3 Å². The first-order valence-corrected chi connectivity index (χ1v) is 10.8. The van der Waals surface area contributed by atoms with E-state index < -0.39 is 41.1 Å². The number of sulfonamides is 1. The van der Waals surface area contributed by atoms with E-state index in [1.54, 1.807) is 18.2 Å². The molecule has 1 N–H and O–H groups in total. The number of hydrogen-bond donors (Lipinski definition) is 1. The highest BCUT2D eigenvalue weighted by molar-refractivity contribution is 7.89. The smallest absolute Gasteiger partial charge is 0.328 e. The van der Waals surface area contributed by atoms with Gasteiger partial charge < -0.3 is 9.84 Å². The van der Waals surface area contributed by atoms with E-state index in [1.165, 1.54) is 18.2 Å². The summed E-state index contributed by atoms with van der Waals surface area (Å²) in [6, 6.07) is 9.42. The molecule has 0 aromatic heterocycles. The molecule has 2 heterocycles. The van der Waals surface area contributed by atoms with Crippen molar-refractivity contribution < 1.29 is 31.8 Å². The average molecular weight is 456 g/mol.